The molecule has 0 heterocycles. The first-order valence-corrected chi connectivity index (χ1v) is 32.7. The lowest BCUT2D eigenvalue weighted by Gasteiger charge is -2.18. The summed E-state index contributed by atoms with van der Waals surface area (Å²) in [5.74, 6) is -0.954. The van der Waals surface area contributed by atoms with Crippen LogP contribution in [0.2, 0.25) is 0 Å². The Morgan fingerprint density at radius 3 is 0.857 bits per heavy atom. The fourth-order valence-corrected chi connectivity index (χ4v) is 9.15. The van der Waals surface area contributed by atoms with Gasteiger partial charge in [0.2, 0.25) is 0 Å². The topological polar surface area (TPSA) is 78.9 Å². The molecule has 6 nitrogen and oxygen atoms in total. The lowest BCUT2D eigenvalue weighted by atomic mass is 10.1. The van der Waals surface area contributed by atoms with Crippen molar-refractivity contribution in [1.29, 1.82) is 0 Å². The summed E-state index contributed by atoms with van der Waals surface area (Å²) >= 11 is 0. The van der Waals surface area contributed by atoms with E-state index in [1.165, 1.54) is 186 Å². The Hall–Kier alpha value is -3.67. The predicted octanol–water partition coefficient (Wildman–Crippen LogP) is 22.4. The van der Waals surface area contributed by atoms with Gasteiger partial charge in [-0.3, -0.25) is 14.4 Å². The zero-order chi connectivity index (χ0) is 55.7. The maximum atomic E-state index is 12.9. The SMILES string of the molecule is CC/C=C\C/C=C\C/C=C\C/C=C\C/C=C\CCCC(=O)OCC(COC(=O)CCCCCCCCCCC/C=C\C/C=C\CCCCCCC)OC(=O)CCCCCCCCCCC/C=C\CCCCCCCCCC. The Morgan fingerprint density at radius 2 is 0.519 bits per heavy atom. The molecule has 0 aliphatic heterocycles. The molecule has 0 bridgehead atoms. The van der Waals surface area contributed by atoms with E-state index in [2.05, 4.69) is 118 Å². The molecule has 0 spiro atoms. The molecular weight excluding hydrogens is 949 g/mol. The lowest BCUT2D eigenvalue weighted by molar-refractivity contribution is -0.167. The van der Waals surface area contributed by atoms with Crippen LogP contribution in [0.5, 0.6) is 0 Å². The molecule has 0 aliphatic carbocycles. The average Bonchev–Trinajstić information content (AvgIpc) is 3.43. The summed E-state index contributed by atoms with van der Waals surface area (Å²) in [7, 11) is 0. The number of unbranched alkanes of at least 4 members (excludes halogenated alkanes) is 32. The van der Waals surface area contributed by atoms with Crippen LogP contribution in [-0.2, 0) is 28.6 Å². The number of esters is 3. The summed E-state index contributed by atoms with van der Waals surface area (Å²) in [6.07, 6.45) is 87.0. The van der Waals surface area contributed by atoms with Crippen LogP contribution in [0.3, 0.4) is 0 Å². The highest BCUT2D eigenvalue weighted by Gasteiger charge is 2.19. The molecule has 77 heavy (non-hydrogen) atoms. The van der Waals surface area contributed by atoms with E-state index in [0.29, 0.717) is 19.3 Å². The van der Waals surface area contributed by atoms with Crippen molar-refractivity contribution in [3.63, 3.8) is 0 Å². The summed E-state index contributed by atoms with van der Waals surface area (Å²) in [5.41, 5.74) is 0. The Morgan fingerprint density at radius 1 is 0.273 bits per heavy atom. The van der Waals surface area contributed by atoms with Gasteiger partial charge in [0.05, 0.1) is 0 Å². The van der Waals surface area contributed by atoms with Crippen molar-refractivity contribution < 1.29 is 28.6 Å². The van der Waals surface area contributed by atoms with E-state index in [0.717, 1.165) is 83.5 Å². The molecule has 0 N–H and O–H groups in total. The molecule has 0 aromatic carbocycles. The summed E-state index contributed by atoms with van der Waals surface area (Å²) in [4.78, 5) is 38.3. The molecule has 1 atom stereocenters. The van der Waals surface area contributed by atoms with Crippen molar-refractivity contribution in [2.75, 3.05) is 13.2 Å². The molecule has 1 unspecified atom stereocenters. The van der Waals surface area contributed by atoms with Gasteiger partial charge in [-0.15, -0.1) is 0 Å². The van der Waals surface area contributed by atoms with Gasteiger partial charge in [-0.05, 0) is 116 Å². The molecule has 0 amide bonds. The highest BCUT2D eigenvalue weighted by atomic mass is 16.6. The number of rotatable bonds is 59. The van der Waals surface area contributed by atoms with Gasteiger partial charge in [-0.25, -0.2) is 0 Å². The number of carbonyl (C=O) groups is 3. The van der Waals surface area contributed by atoms with E-state index in [1.807, 2.05) is 0 Å². The van der Waals surface area contributed by atoms with E-state index in [-0.39, 0.29) is 37.5 Å². The molecule has 0 saturated heterocycles. The Bertz CT molecular complexity index is 1510. The first-order valence-electron chi connectivity index (χ1n) is 32.7. The first-order chi connectivity index (χ1) is 38.0. The minimum atomic E-state index is -0.806. The largest absolute Gasteiger partial charge is 0.462 e. The smallest absolute Gasteiger partial charge is 0.306 e. The lowest BCUT2D eigenvalue weighted by Crippen LogP contribution is -2.30. The predicted molar refractivity (Wildman–Crippen MR) is 334 cm³/mol. The van der Waals surface area contributed by atoms with E-state index in [4.69, 9.17) is 14.2 Å². The van der Waals surface area contributed by atoms with Crippen LogP contribution in [0.15, 0.2) is 97.2 Å². The third-order valence-corrected chi connectivity index (χ3v) is 14.0. The minimum Gasteiger partial charge on any atom is -0.462 e. The van der Waals surface area contributed by atoms with Gasteiger partial charge in [0.1, 0.15) is 13.2 Å². The second kappa shape index (κ2) is 64.9. The monoisotopic (exact) mass is 1070 g/mol. The van der Waals surface area contributed by atoms with Gasteiger partial charge in [0, 0.05) is 19.3 Å². The Balaban J connectivity index is 4.44. The van der Waals surface area contributed by atoms with Crippen molar-refractivity contribution in [3.05, 3.63) is 97.2 Å². The number of allylic oxidation sites excluding steroid dienone is 16. The van der Waals surface area contributed by atoms with E-state index in [1.54, 1.807) is 0 Å². The number of ether oxygens (including phenoxy) is 3. The molecule has 0 fully saturated rings. The van der Waals surface area contributed by atoms with Gasteiger partial charge in [-0.1, -0.05) is 279 Å². The molecule has 0 rings (SSSR count). The number of hydrogen-bond acceptors (Lipinski definition) is 6. The summed E-state index contributed by atoms with van der Waals surface area (Å²) in [5, 5.41) is 0. The Labute approximate surface area is 477 Å². The maximum absolute atomic E-state index is 12.9. The molecule has 0 aromatic rings. The zero-order valence-electron chi connectivity index (χ0n) is 50.7. The minimum absolute atomic E-state index is 0.0976. The van der Waals surface area contributed by atoms with Gasteiger partial charge < -0.3 is 14.2 Å². The van der Waals surface area contributed by atoms with E-state index in [9.17, 15) is 14.4 Å². The highest BCUT2D eigenvalue weighted by Crippen LogP contribution is 2.16. The molecule has 6 heteroatoms. The fraction of sp³-hybridized carbons (Fsp3) is 0.732. The van der Waals surface area contributed by atoms with Crippen molar-refractivity contribution >= 4 is 17.9 Å². The van der Waals surface area contributed by atoms with Crippen LogP contribution < -0.4 is 0 Å². The van der Waals surface area contributed by atoms with Crippen LogP contribution in [0.25, 0.3) is 0 Å². The molecule has 0 saturated carbocycles. The van der Waals surface area contributed by atoms with Gasteiger partial charge in [0.25, 0.3) is 0 Å². The van der Waals surface area contributed by atoms with Crippen molar-refractivity contribution in [1.82, 2.24) is 0 Å². The zero-order valence-corrected chi connectivity index (χ0v) is 50.7. The summed E-state index contributed by atoms with van der Waals surface area (Å²) in [6.45, 7) is 6.49. The second-order valence-corrected chi connectivity index (χ2v) is 21.6. The highest BCUT2D eigenvalue weighted by molar-refractivity contribution is 5.71. The van der Waals surface area contributed by atoms with Crippen LogP contribution in [-0.4, -0.2) is 37.2 Å². The van der Waals surface area contributed by atoms with Crippen LogP contribution in [0.1, 0.15) is 316 Å². The normalized spacial score (nSPS) is 12.7. The van der Waals surface area contributed by atoms with Crippen molar-refractivity contribution in [3.8, 4) is 0 Å². The summed E-state index contributed by atoms with van der Waals surface area (Å²) in [6, 6.07) is 0. The first kappa shape index (κ1) is 73.3. The van der Waals surface area contributed by atoms with Crippen LogP contribution in [0.4, 0.5) is 0 Å². The maximum Gasteiger partial charge on any atom is 0.306 e. The van der Waals surface area contributed by atoms with E-state index >= 15 is 0 Å². The molecular formula is C71H122O6. The fourth-order valence-electron chi connectivity index (χ4n) is 9.15. The average molecular weight is 1070 g/mol. The summed E-state index contributed by atoms with van der Waals surface area (Å²) < 4.78 is 16.9. The molecule has 442 valence electrons. The molecule has 0 radical (unpaired) electrons. The molecule has 0 aromatic heterocycles. The van der Waals surface area contributed by atoms with Crippen molar-refractivity contribution in [2.24, 2.45) is 0 Å². The van der Waals surface area contributed by atoms with Gasteiger partial charge in [0.15, 0.2) is 6.10 Å². The second-order valence-electron chi connectivity index (χ2n) is 21.6. The third kappa shape index (κ3) is 63.0. The van der Waals surface area contributed by atoms with Crippen LogP contribution in [0, 0.1) is 0 Å². The van der Waals surface area contributed by atoms with Gasteiger partial charge >= 0.3 is 17.9 Å². The standard InChI is InChI=1S/C71H122O6/c1-4-7-10-13-16-19-22-25-28-31-33-35-37-40-43-46-49-52-55-58-61-64-70(73)76-67-68(66-75-69(72)63-60-57-54-51-48-45-42-39-30-27-24-21-18-15-12-9-6-3)77-71(74)65-62-59-56-53-50-47-44-41-38-36-34-32-29-26-23-20-17-14-11-8-5-2/h9,12,18,21-22,25,27,30-34,42,45,51,54,68H,4-8,10-11,13-17,19-20,23-24,26,28-29,35-41,43-44,46-50,52-53,55-67H2,1-3H3/b12-9-,21-18-,25-22-,30-27-,33-31-,34-32-,45-42-,54-51-. The number of hydrogen-bond donors (Lipinski definition) is 0. The number of carbonyl (C=O) groups excluding carboxylic acids is 3. The van der Waals surface area contributed by atoms with Crippen LogP contribution >= 0.6 is 0 Å². The van der Waals surface area contributed by atoms with Crippen molar-refractivity contribution in [2.45, 2.75) is 322 Å². The molecule has 0 aliphatic rings. The third-order valence-electron chi connectivity index (χ3n) is 14.0. The quantitative estimate of drug-likeness (QED) is 0.0261. The van der Waals surface area contributed by atoms with E-state index < -0.39 is 6.10 Å². The van der Waals surface area contributed by atoms with Gasteiger partial charge in [-0.2, -0.15) is 0 Å². The Kier molecular flexibility index (Phi) is 61.8.